The first-order valence-corrected chi connectivity index (χ1v) is 7.24. The Morgan fingerprint density at radius 3 is 2.80 bits per heavy atom. The predicted octanol–water partition coefficient (Wildman–Crippen LogP) is 0.702. The number of ether oxygens (including phenoxy) is 1. The van der Waals surface area contributed by atoms with Crippen molar-refractivity contribution < 1.29 is 17.9 Å². The number of sulfone groups is 1. The molecular formula is C10H16O4S. The van der Waals surface area contributed by atoms with Crippen molar-refractivity contribution in [2.75, 3.05) is 12.9 Å². The first-order chi connectivity index (χ1) is 6.94. The van der Waals surface area contributed by atoms with Crippen molar-refractivity contribution in [1.29, 1.82) is 0 Å². The molecule has 0 amide bonds. The van der Waals surface area contributed by atoms with Crippen LogP contribution in [0.1, 0.15) is 32.1 Å². The highest BCUT2D eigenvalue weighted by Gasteiger charge is 2.51. The zero-order chi connectivity index (χ0) is 11.1. The van der Waals surface area contributed by atoms with Gasteiger partial charge in [0.25, 0.3) is 0 Å². The molecule has 2 fully saturated rings. The molecule has 2 rings (SSSR count). The van der Waals surface area contributed by atoms with Gasteiger partial charge in [0.1, 0.15) is 5.78 Å². The molecule has 15 heavy (non-hydrogen) atoms. The minimum absolute atomic E-state index is 0.136. The van der Waals surface area contributed by atoms with Gasteiger partial charge in [-0.05, 0) is 19.3 Å². The summed E-state index contributed by atoms with van der Waals surface area (Å²) in [6.45, 7) is 0.380. The summed E-state index contributed by atoms with van der Waals surface area (Å²) in [6, 6.07) is 0. The fourth-order valence-corrected chi connectivity index (χ4v) is 4.47. The Labute approximate surface area is 89.9 Å². The van der Waals surface area contributed by atoms with Crippen LogP contribution in [0.5, 0.6) is 0 Å². The predicted molar refractivity (Wildman–Crippen MR) is 55.4 cm³/mol. The van der Waals surface area contributed by atoms with Crippen LogP contribution in [0.3, 0.4) is 0 Å². The van der Waals surface area contributed by atoms with Gasteiger partial charge in [-0.3, -0.25) is 4.79 Å². The molecule has 4 nitrogen and oxygen atoms in total. The SMILES string of the molecule is CS(=O)(=O)C1CCCC12CC(=O)CCO2. The van der Waals surface area contributed by atoms with E-state index >= 15 is 0 Å². The first kappa shape index (κ1) is 11.1. The lowest BCUT2D eigenvalue weighted by Gasteiger charge is -2.37. The summed E-state index contributed by atoms with van der Waals surface area (Å²) in [5.74, 6) is 0.136. The lowest BCUT2D eigenvalue weighted by Crippen LogP contribution is -2.49. The van der Waals surface area contributed by atoms with Gasteiger partial charge in [0.05, 0.1) is 17.5 Å². The molecular weight excluding hydrogens is 216 g/mol. The van der Waals surface area contributed by atoms with Crippen LogP contribution in [0.15, 0.2) is 0 Å². The molecule has 0 N–H and O–H groups in total. The lowest BCUT2D eigenvalue weighted by atomic mass is 9.91. The maximum atomic E-state index is 11.6. The summed E-state index contributed by atoms with van der Waals surface area (Å²) >= 11 is 0. The van der Waals surface area contributed by atoms with Crippen LogP contribution in [-0.2, 0) is 19.4 Å². The van der Waals surface area contributed by atoms with Gasteiger partial charge in [-0.25, -0.2) is 8.42 Å². The van der Waals surface area contributed by atoms with Crippen LogP contribution in [0.4, 0.5) is 0 Å². The van der Waals surface area contributed by atoms with Gasteiger partial charge in [-0.15, -0.1) is 0 Å². The fraction of sp³-hybridized carbons (Fsp3) is 0.900. The van der Waals surface area contributed by atoms with Crippen LogP contribution >= 0.6 is 0 Å². The molecule has 86 valence electrons. The van der Waals surface area contributed by atoms with Crippen molar-refractivity contribution in [2.45, 2.75) is 43.0 Å². The molecule has 0 aromatic rings. The third-order valence-electron chi connectivity index (χ3n) is 3.44. The van der Waals surface area contributed by atoms with Gasteiger partial charge >= 0.3 is 0 Å². The van der Waals surface area contributed by atoms with Gasteiger partial charge in [0.2, 0.25) is 0 Å². The number of Topliss-reactive ketones (excluding diaryl/α,β-unsaturated/α-hetero) is 1. The van der Waals surface area contributed by atoms with E-state index in [0.717, 1.165) is 6.42 Å². The molecule has 0 radical (unpaired) electrons. The quantitative estimate of drug-likeness (QED) is 0.667. The largest absolute Gasteiger partial charge is 0.373 e. The maximum absolute atomic E-state index is 11.6. The summed E-state index contributed by atoms with van der Waals surface area (Å²) in [7, 11) is -3.11. The standard InChI is InChI=1S/C10H16O4S/c1-15(12,13)9-3-2-5-10(9)7-8(11)4-6-14-10/h9H,2-7H2,1H3. The normalized spacial score (nSPS) is 37.4. The van der Waals surface area contributed by atoms with E-state index in [-0.39, 0.29) is 12.2 Å². The molecule has 0 aromatic heterocycles. The van der Waals surface area contributed by atoms with E-state index in [4.69, 9.17) is 4.74 Å². The van der Waals surface area contributed by atoms with Crippen molar-refractivity contribution in [3.63, 3.8) is 0 Å². The van der Waals surface area contributed by atoms with E-state index in [1.165, 1.54) is 6.26 Å². The number of ketones is 1. The fourth-order valence-electron chi connectivity index (χ4n) is 2.82. The van der Waals surface area contributed by atoms with Crippen molar-refractivity contribution >= 4 is 15.6 Å². The minimum atomic E-state index is -3.11. The highest BCUT2D eigenvalue weighted by Crippen LogP contribution is 2.42. The number of hydrogen-bond acceptors (Lipinski definition) is 4. The number of carbonyl (C=O) groups is 1. The van der Waals surface area contributed by atoms with Crippen LogP contribution < -0.4 is 0 Å². The van der Waals surface area contributed by atoms with Crippen molar-refractivity contribution in [2.24, 2.45) is 0 Å². The monoisotopic (exact) mass is 232 g/mol. The van der Waals surface area contributed by atoms with E-state index in [9.17, 15) is 13.2 Å². The molecule has 1 aliphatic carbocycles. The average molecular weight is 232 g/mol. The number of hydrogen-bond donors (Lipinski definition) is 0. The van der Waals surface area contributed by atoms with E-state index in [1.54, 1.807) is 0 Å². The van der Waals surface area contributed by atoms with Crippen molar-refractivity contribution in [1.82, 2.24) is 0 Å². The van der Waals surface area contributed by atoms with Gasteiger partial charge in [0.15, 0.2) is 9.84 Å². The third-order valence-corrected chi connectivity index (χ3v) is 5.14. The van der Waals surface area contributed by atoms with Gasteiger partial charge in [-0.1, -0.05) is 0 Å². The van der Waals surface area contributed by atoms with Gasteiger partial charge in [0, 0.05) is 19.1 Å². The van der Waals surface area contributed by atoms with Crippen LogP contribution in [0.2, 0.25) is 0 Å². The summed E-state index contributed by atoms with van der Waals surface area (Å²) in [4.78, 5) is 11.4. The topological polar surface area (TPSA) is 60.4 Å². The molecule has 5 heteroatoms. The molecule has 0 bridgehead atoms. The number of carbonyl (C=O) groups excluding carboxylic acids is 1. The summed E-state index contributed by atoms with van der Waals surface area (Å²) < 4.78 is 28.9. The van der Waals surface area contributed by atoms with Gasteiger partial charge in [-0.2, -0.15) is 0 Å². The molecule has 2 atom stereocenters. The van der Waals surface area contributed by atoms with E-state index in [0.29, 0.717) is 25.9 Å². The van der Waals surface area contributed by atoms with E-state index in [1.807, 2.05) is 0 Å². The molecule has 2 aliphatic rings. The second-order valence-electron chi connectivity index (χ2n) is 4.59. The molecule has 1 saturated carbocycles. The minimum Gasteiger partial charge on any atom is -0.373 e. The van der Waals surface area contributed by atoms with Crippen LogP contribution in [-0.4, -0.2) is 37.9 Å². The molecule has 2 unspecified atom stereocenters. The van der Waals surface area contributed by atoms with Crippen LogP contribution in [0, 0.1) is 0 Å². The molecule has 1 spiro atoms. The Kier molecular flexibility index (Phi) is 2.63. The molecule has 1 aliphatic heterocycles. The summed E-state index contributed by atoms with van der Waals surface area (Å²) in [5, 5.41) is -0.478. The smallest absolute Gasteiger partial charge is 0.153 e. The highest BCUT2D eigenvalue weighted by molar-refractivity contribution is 7.91. The molecule has 1 heterocycles. The third kappa shape index (κ3) is 1.95. The second-order valence-corrected chi connectivity index (χ2v) is 6.82. The maximum Gasteiger partial charge on any atom is 0.153 e. The Hall–Kier alpha value is -0.420. The Balaban J connectivity index is 2.29. The Morgan fingerprint density at radius 2 is 2.20 bits per heavy atom. The molecule has 1 saturated heterocycles. The second kappa shape index (κ2) is 3.56. The highest BCUT2D eigenvalue weighted by atomic mass is 32.2. The van der Waals surface area contributed by atoms with Crippen molar-refractivity contribution in [3.8, 4) is 0 Å². The number of rotatable bonds is 1. The average Bonchev–Trinajstić information content (AvgIpc) is 2.47. The first-order valence-electron chi connectivity index (χ1n) is 5.29. The van der Waals surface area contributed by atoms with E-state index in [2.05, 4.69) is 0 Å². The zero-order valence-corrected chi connectivity index (χ0v) is 9.68. The van der Waals surface area contributed by atoms with Crippen molar-refractivity contribution in [3.05, 3.63) is 0 Å². The zero-order valence-electron chi connectivity index (χ0n) is 8.86. The lowest BCUT2D eigenvalue weighted by molar-refractivity contribution is -0.138. The Morgan fingerprint density at radius 1 is 1.47 bits per heavy atom. The summed E-state index contributed by atoms with van der Waals surface area (Å²) in [6.07, 6.45) is 4.13. The van der Waals surface area contributed by atoms with E-state index < -0.39 is 20.7 Å². The molecule has 0 aromatic carbocycles. The summed E-state index contributed by atoms with van der Waals surface area (Å²) in [5.41, 5.74) is -0.692. The van der Waals surface area contributed by atoms with Gasteiger partial charge < -0.3 is 4.74 Å². The Bertz CT molecular complexity index is 373. The van der Waals surface area contributed by atoms with Crippen LogP contribution in [0.25, 0.3) is 0 Å².